The molecule has 0 spiro atoms. The first kappa shape index (κ1) is 11.0. The maximum atomic E-state index is 10.2. The molecule has 78 valence electrons. The third kappa shape index (κ3) is 3.28. The fraction of sp³-hybridized carbons (Fsp3) is 1.00. The predicted octanol–water partition coefficient (Wildman–Crippen LogP) is 1.88. The molecule has 0 bridgehead atoms. The molecule has 2 heteroatoms. The van der Waals surface area contributed by atoms with Crippen LogP contribution < -0.4 is 0 Å². The van der Waals surface area contributed by atoms with Gasteiger partial charge in [0.05, 0.1) is 5.60 Å². The zero-order valence-corrected chi connectivity index (χ0v) is 9.21. The number of nitrogens with zero attached hydrogens (tertiary/aromatic N) is 1. The zero-order valence-electron chi connectivity index (χ0n) is 9.21. The molecule has 2 atom stereocenters. The molecule has 0 aliphatic carbocycles. The minimum atomic E-state index is -0.386. The molecule has 0 saturated carbocycles. The van der Waals surface area contributed by atoms with Gasteiger partial charge in [-0.1, -0.05) is 26.7 Å². The Kier molecular flexibility index (Phi) is 3.74. The summed E-state index contributed by atoms with van der Waals surface area (Å²) in [7, 11) is 2.09. The topological polar surface area (TPSA) is 23.5 Å². The highest BCUT2D eigenvalue weighted by Gasteiger charge is 2.35. The number of aliphatic hydroxyl groups is 1. The lowest BCUT2D eigenvalue weighted by molar-refractivity contribution is 0.0278. The summed E-state index contributed by atoms with van der Waals surface area (Å²) in [5, 5.41) is 10.2. The summed E-state index contributed by atoms with van der Waals surface area (Å²) < 4.78 is 0. The van der Waals surface area contributed by atoms with Gasteiger partial charge in [-0.05, 0) is 25.8 Å². The number of rotatable bonds is 4. The molecule has 2 unspecified atom stereocenters. The second-order valence-electron chi connectivity index (χ2n) is 4.81. The molecule has 0 radical (unpaired) electrons. The normalized spacial score (nSPS) is 32.3. The fourth-order valence-electron chi connectivity index (χ4n) is 2.47. The van der Waals surface area contributed by atoms with Crippen LogP contribution in [-0.2, 0) is 0 Å². The molecule has 0 aromatic carbocycles. The Bertz CT molecular complexity index is 160. The zero-order chi connectivity index (χ0) is 9.90. The van der Waals surface area contributed by atoms with Crippen molar-refractivity contribution in [2.45, 2.75) is 45.1 Å². The van der Waals surface area contributed by atoms with E-state index in [-0.39, 0.29) is 5.60 Å². The van der Waals surface area contributed by atoms with Crippen LogP contribution in [0.1, 0.15) is 39.5 Å². The van der Waals surface area contributed by atoms with E-state index < -0.39 is 0 Å². The minimum Gasteiger partial charge on any atom is -0.388 e. The molecular weight excluding hydrogens is 162 g/mol. The van der Waals surface area contributed by atoms with Crippen LogP contribution in [0.5, 0.6) is 0 Å². The van der Waals surface area contributed by atoms with Gasteiger partial charge in [0, 0.05) is 13.1 Å². The van der Waals surface area contributed by atoms with Crippen molar-refractivity contribution in [3.8, 4) is 0 Å². The Morgan fingerprint density at radius 3 is 2.69 bits per heavy atom. The fourth-order valence-corrected chi connectivity index (χ4v) is 2.47. The number of β-amino-alcohol motifs (C(OH)–C–C–N with tert-alkyl or cyclic N) is 1. The summed E-state index contributed by atoms with van der Waals surface area (Å²) in [6.45, 7) is 6.37. The Morgan fingerprint density at radius 1 is 1.54 bits per heavy atom. The second kappa shape index (κ2) is 4.43. The Labute approximate surface area is 81.9 Å². The van der Waals surface area contributed by atoms with Crippen molar-refractivity contribution in [3.63, 3.8) is 0 Å². The molecule has 1 rings (SSSR count). The van der Waals surface area contributed by atoms with Gasteiger partial charge in [0.1, 0.15) is 0 Å². The Morgan fingerprint density at radius 2 is 2.23 bits per heavy atom. The Balaban J connectivity index is 2.34. The molecule has 1 aliphatic heterocycles. The first-order valence-electron chi connectivity index (χ1n) is 5.46. The highest BCUT2D eigenvalue weighted by molar-refractivity contribution is 4.89. The predicted molar refractivity (Wildman–Crippen MR) is 55.8 cm³/mol. The van der Waals surface area contributed by atoms with Crippen LogP contribution in [0.25, 0.3) is 0 Å². The molecule has 1 saturated heterocycles. The van der Waals surface area contributed by atoms with E-state index in [0.717, 1.165) is 25.9 Å². The van der Waals surface area contributed by atoms with Crippen LogP contribution in [0.15, 0.2) is 0 Å². The third-order valence-electron chi connectivity index (χ3n) is 3.03. The summed E-state index contributed by atoms with van der Waals surface area (Å²) in [5.41, 5.74) is -0.386. The van der Waals surface area contributed by atoms with E-state index in [1.165, 1.54) is 12.8 Å². The molecule has 1 aliphatic rings. The standard InChI is InChI=1S/C11H23NO/c1-4-5-10(2)8-11(13)6-7-12(3)9-11/h10,13H,4-9H2,1-3H3. The first-order valence-corrected chi connectivity index (χ1v) is 5.46. The Hall–Kier alpha value is -0.0800. The van der Waals surface area contributed by atoms with E-state index in [1.54, 1.807) is 0 Å². The van der Waals surface area contributed by atoms with Crippen molar-refractivity contribution in [1.82, 2.24) is 4.90 Å². The average molecular weight is 185 g/mol. The molecule has 2 nitrogen and oxygen atoms in total. The van der Waals surface area contributed by atoms with Crippen molar-refractivity contribution in [3.05, 3.63) is 0 Å². The second-order valence-corrected chi connectivity index (χ2v) is 4.81. The van der Waals surface area contributed by atoms with E-state index in [0.29, 0.717) is 5.92 Å². The van der Waals surface area contributed by atoms with Crippen molar-refractivity contribution in [1.29, 1.82) is 0 Å². The number of likely N-dealkylation sites (N-methyl/N-ethyl adjacent to an activating group) is 1. The van der Waals surface area contributed by atoms with Gasteiger partial charge in [0.15, 0.2) is 0 Å². The van der Waals surface area contributed by atoms with Crippen LogP contribution in [0.3, 0.4) is 0 Å². The van der Waals surface area contributed by atoms with Gasteiger partial charge in [-0.25, -0.2) is 0 Å². The van der Waals surface area contributed by atoms with Crippen LogP contribution in [0.4, 0.5) is 0 Å². The molecule has 1 fully saturated rings. The van der Waals surface area contributed by atoms with Crippen molar-refractivity contribution < 1.29 is 5.11 Å². The highest BCUT2D eigenvalue weighted by Crippen LogP contribution is 2.28. The summed E-state index contributed by atoms with van der Waals surface area (Å²) in [5.74, 6) is 0.668. The maximum Gasteiger partial charge on any atom is 0.0788 e. The van der Waals surface area contributed by atoms with Crippen LogP contribution in [-0.4, -0.2) is 35.7 Å². The summed E-state index contributed by atoms with van der Waals surface area (Å²) in [6.07, 6.45) is 4.40. The molecule has 13 heavy (non-hydrogen) atoms. The van der Waals surface area contributed by atoms with Crippen molar-refractivity contribution >= 4 is 0 Å². The quantitative estimate of drug-likeness (QED) is 0.723. The van der Waals surface area contributed by atoms with Gasteiger partial charge >= 0.3 is 0 Å². The van der Waals surface area contributed by atoms with Crippen molar-refractivity contribution in [2.24, 2.45) is 5.92 Å². The summed E-state index contributed by atoms with van der Waals surface area (Å²) in [4.78, 5) is 2.22. The van der Waals surface area contributed by atoms with Crippen LogP contribution in [0, 0.1) is 5.92 Å². The number of likely N-dealkylation sites (tertiary alicyclic amines) is 1. The number of hydrogen-bond acceptors (Lipinski definition) is 2. The SMILES string of the molecule is CCCC(C)CC1(O)CCN(C)C1. The van der Waals surface area contributed by atoms with Crippen molar-refractivity contribution in [2.75, 3.05) is 20.1 Å². The van der Waals surface area contributed by atoms with Gasteiger partial charge in [-0.2, -0.15) is 0 Å². The van der Waals surface area contributed by atoms with E-state index in [4.69, 9.17) is 0 Å². The molecular formula is C11H23NO. The van der Waals surface area contributed by atoms with Gasteiger partial charge in [0.2, 0.25) is 0 Å². The lowest BCUT2D eigenvalue weighted by Gasteiger charge is -2.25. The van der Waals surface area contributed by atoms with E-state index in [1.807, 2.05) is 0 Å². The smallest absolute Gasteiger partial charge is 0.0788 e. The molecule has 1 heterocycles. The van der Waals surface area contributed by atoms with Crippen LogP contribution in [0.2, 0.25) is 0 Å². The van der Waals surface area contributed by atoms with Gasteiger partial charge in [-0.3, -0.25) is 0 Å². The monoisotopic (exact) mass is 185 g/mol. The molecule has 1 N–H and O–H groups in total. The van der Waals surface area contributed by atoms with Gasteiger partial charge < -0.3 is 10.0 Å². The lowest BCUT2D eigenvalue weighted by Crippen LogP contribution is -2.33. The minimum absolute atomic E-state index is 0.386. The summed E-state index contributed by atoms with van der Waals surface area (Å²) >= 11 is 0. The van der Waals surface area contributed by atoms with Crippen LogP contribution >= 0.6 is 0 Å². The highest BCUT2D eigenvalue weighted by atomic mass is 16.3. The van der Waals surface area contributed by atoms with Gasteiger partial charge in [0.25, 0.3) is 0 Å². The summed E-state index contributed by atoms with van der Waals surface area (Å²) in [6, 6.07) is 0. The third-order valence-corrected chi connectivity index (χ3v) is 3.03. The molecule has 0 aromatic rings. The molecule has 0 aromatic heterocycles. The largest absolute Gasteiger partial charge is 0.388 e. The lowest BCUT2D eigenvalue weighted by atomic mass is 9.88. The molecule has 0 amide bonds. The van der Waals surface area contributed by atoms with E-state index >= 15 is 0 Å². The van der Waals surface area contributed by atoms with Gasteiger partial charge in [-0.15, -0.1) is 0 Å². The average Bonchev–Trinajstić information content (AvgIpc) is 2.30. The maximum absolute atomic E-state index is 10.2. The van der Waals surface area contributed by atoms with E-state index in [2.05, 4.69) is 25.8 Å². The number of hydrogen-bond donors (Lipinski definition) is 1. The first-order chi connectivity index (χ1) is 6.06. The van der Waals surface area contributed by atoms with E-state index in [9.17, 15) is 5.11 Å².